The summed E-state index contributed by atoms with van der Waals surface area (Å²) in [6.45, 7) is 1.36. The van der Waals surface area contributed by atoms with Crippen molar-refractivity contribution in [3.05, 3.63) is 52.6 Å². The number of nitrogens with zero attached hydrogens (tertiary/aromatic N) is 2. The molecule has 0 radical (unpaired) electrons. The second kappa shape index (κ2) is 7.58. The number of fused-ring (bicyclic) bond motifs is 1. The summed E-state index contributed by atoms with van der Waals surface area (Å²) in [6, 6.07) is 7.62. The Labute approximate surface area is 160 Å². The van der Waals surface area contributed by atoms with E-state index >= 15 is 0 Å². The summed E-state index contributed by atoms with van der Waals surface area (Å²) < 4.78 is 7.53. The zero-order valence-electron chi connectivity index (χ0n) is 14.9. The van der Waals surface area contributed by atoms with Crippen LogP contribution in [0.1, 0.15) is 23.2 Å². The number of carbonyl (C=O) groups excluding carboxylic acids is 1. The molecule has 1 aromatic rings. The highest BCUT2D eigenvalue weighted by atomic mass is 32.2. The van der Waals surface area contributed by atoms with Crippen LogP contribution in [-0.4, -0.2) is 39.6 Å². The number of carbonyl (C=O) groups is 1. The average Bonchev–Trinajstić information content (AvgIpc) is 3.31. The number of rotatable bonds is 5. The normalized spacial score (nSPS) is 16.7. The molecule has 140 valence electrons. The van der Waals surface area contributed by atoms with Gasteiger partial charge < -0.3 is 14.6 Å². The fourth-order valence-electron chi connectivity index (χ4n) is 3.28. The number of hydrogen-bond acceptors (Lipinski definition) is 5. The van der Waals surface area contributed by atoms with Gasteiger partial charge in [0.05, 0.1) is 17.2 Å². The molecule has 3 heterocycles. The number of nitrogens with one attached hydrogen (secondary N) is 2. The van der Waals surface area contributed by atoms with Gasteiger partial charge in [0.25, 0.3) is 11.5 Å². The smallest absolute Gasteiger partial charge is 0.275 e. The zero-order chi connectivity index (χ0) is 18.8. The number of H-pyrrole nitrogens is 1. The molecule has 0 saturated carbocycles. The number of aromatic amines is 1. The van der Waals surface area contributed by atoms with Crippen molar-refractivity contribution < 1.29 is 9.53 Å². The summed E-state index contributed by atoms with van der Waals surface area (Å²) in [5.41, 5.74) is 1.54. The van der Waals surface area contributed by atoms with Gasteiger partial charge in [0.2, 0.25) is 0 Å². The predicted molar refractivity (Wildman–Crippen MR) is 105 cm³/mol. The Hall–Kier alpha value is -2.58. The molecule has 1 saturated heterocycles. The highest BCUT2D eigenvalue weighted by molar-refractivity contribution is 7.98. The Morgan fingerprint density at radius 2 is 2.33 bits per heavy atom. The predicted octanol–water partition coefficient (Wildman–Crippen LogP) is 2.83. The van der Waals surface area contributed by atoms with Crippen molar-refractivity contribution in [3.63, 3.8) is 0 Å². The lowest BCUT2D eigenvalue weighted by atomic mass is 10.1. The summed E-state index contributed by atoms with van der Waals surface area (Å²) in [4.78, 5) is 26.1. The van der Waals surface area contributed by atoms with Gasteiger partial charge in [0, 0.05) is 36.1 Å². The van der Waals surface area contributed by atoms with Gasteiger partial charge in [-0.1, -0.05) is 6.07 Å². The van der Waals surface area contributed by atoms with Crippen LogP contribution in [0.2, 0.25) is 0 Å². The molecule has 0 spiro atoms. The van der Waals surface area contributed by atoms with E-state index in [0.29, 0.717) is 29.1 Å². The topological polar surface area (TPSA) is 89.0 Å². The maximum Gasteiger partial charge on any atom is 0.275 e. The fraction of sp³-hybridized carbons (Fsp3) is 0.316. The molecule has 3 aliphatic heterocycles. The van der Waals surface area contributed by atoms with Crippen LogP contribution in [0.5, 0.6) is 0 Å². The molecule has 0 aromatic heterocycles. The lowest BCUT2D eigenvalue weighted by Crippen LogP contribution is -2.20. The number of anilines is 1. The second-order valence-corrected chi connectivity index (χ2v) is 7.38. The quantitative estimate of drug-likeness (QED) is 0.661. The first-order valence-electron chi connectivity index (χ1n) is 8.79. The monoisotopic (exact) mass is 384 g/mol. The minimum Gasteiger partial charge on any atom is -0.376 e. The van der Waals surface area contributed by atoms with Gasteiger partial charge in [0.15, 0.2) is 0 Å². The van der Waals surface area contributed by atoms with Crippen molar-refractivity contribution in [2.75, 3.05) is 18.2 Å². The van der Waals surface area contributed by atoms with E-state index in [9.17, 15) is 9.59 Å². The molecule has 8 heteroatoms. The second-order valence-electron chi connectivity index (χ2n) is 6.50. The van der Waals surface area contributed by atoms with Gasteiger partial charge in [0.1, 0.15) is 5.69 Å². The molecule has 0 aliphatic carbocycles. The van der Waals surface area contributed by atoms with Crippen LogP contribution in [-0.2, 0) is 11.3 Å². The van der Waals surface area contributed by atoms with Gasteiger partial charge in [-0.05, 0) is 37.3 Å². The highest BCUT2D eigenvalue weighted by Crippen LogP contribution is 2.24. The van der Waals surface area contributed by atoms with Gasteiger partial charge in [-0.15, -0.1) is 11.8 Å². The lowest BCUT2D eigenvalue weighted by Gasteiger charge is -2.16. The highest BCUT2D eigenvalue weighted by Gasteiger charge is 2.23. The van der Waals surface area contributed by atoms with E-state index in [2.05, 4.69) is 15.5 Å². The van der Waals surface area contributed by atoms with Crippen molar-refractivity contribution in [2.45, 2.75) is 30.4 Å². The van der Waals surface area contributed by atoms with Crippen LogP contribution in [0, 0.1) is 0 Å². The number of benzene rings is 1. The third kappa shape index (κ3) is 3.77. The molecule has 27 heavy (non-hydrogen) atoms. The van der Waals surface area contributed by atoms with Crippen LogP contribution in [0.15, 0.2) is 46.3 Å². The zero-order valence-corrected chi connectivity index (χ0v) is 15.7. The number of ether oxygens (including phenoxy) is 1. The summed E-state index contributed by atoms with van der Waals surface area (Å²) in [5.74, 6) is -0.300. The summed E-state index contributed by atoms with van der Waals surface area (Å²) in [6.07, 6.45) is 7.55. The SMILES string of the molecule is CSc1cccc(NC(=O)c2cn(C[C@@H]3CCCO3)cc3c(=O)[nH]nc2-3)c1. The van der Waals surface area contributed by atoms with Crippen molar-refractivity contribution in [2.24, 2.45) is 0 Å². The van der Waals surface area contributed by atoms with Crippen molar-refractivity contribution in [3.8, 4) is 11.3 Å². The van der Waals surface area contributed by atoms with Crippen molar-refractivity contribution in [1.82, 2.24) is 14.8 Å². The summed E-state index contributed by atoms with van der Waals surface area (Å²) in [7, 11) is 0. The molecule has 1 fully saturated rings. The molecular formula is C19H20N4O3S. The Bertz CT molecular complexity index is 991. The minimum absolute atomic E-state index is 0.101. The number of thioether (sulfide) groups is 1. The largest absolute Gasteiger partial charge is 0.376 e. The van der Waals surface area contributed by atoms with E-state index in [4.69, 9.17) is 4.74 Å². The molecule has 1 amide bonds. The number of hydrogen-bond donors (Lipinski definition) is 2. The molecular weight excluding hydrogens is 364 g/mol. The molecule has 3 aliphatic rings. The maximum atomic E-state index is 12.9. The molecule has 7 nitrogen and oxygen atoms in total. The number of amides is 1. The maximum absolute atomic E-state index is 12.9. The van der Waals surface area contributed by atoms with E-state index in [1.54, 1.807) is 24.2 Å². The fourth-order valence-corrected chi connectivity index (χ4v) is 3.74. The first-order valence-corrected chi connectivity index (χ1v) is 10.0. The van der Waals surface area contributed by atoms with E-state index < -0.39 is 0 Å². The Morgan fingerprint density at radius 3 is 3.11 bits per heavy atom. The van der Waals surface area contributed by atoms with Gasteiger partial charge in [-0.2, -0.15) is 5.10 Å². The van der Waals surface area contributed by atoms with Gasteiger partial charge >= 0.3 is 0 Å². The minimum atomic E-state index is -0.301. The first-order chi connectivity index (χ1) is 13.1. The third-order valence-electron chi connectivity index (χ3n) is 4.62. The van der Waals surface area contributed by atoms with E-state index in [-0.39, 0.29) is 17.6 Å². The van der Waals surface area contributed by atoms with Crippen LogP contribution >= 0.6 is 11.8 Å². The lowest BCUT2D eigenvalue weighted by molar-refractivity contribution is 0.0961. The molecule has 0 bridgehead atoms. The van der Waals surface area contributed by atoms with E-state index in [1.807, 2.05) is 35.1 Å². The van der Waals surface area contributed by atoms with E-state index in [1.165, 1.54) is 0 Å². The molecule has 1 aromatic carbocycles. The molecule has 0 unspecified atom stereocenters. The van der Waals surface area contributed by atoms with Crippen LogP contribution < -0.4 is 10.9 Å². The number of aromatic nitrogens is 3. The number of pyridine rings is 1. The van der Waals surface area contributed by atoms with Crippen LogP contribution in [0.3, 0.4) is 0 Å². The molecule has 4 rings (SSSR count). The van der Waals surface area contributed by atoms with Crippen molar-refractivity contribution >= 4 is 23.4 Å². The Morgan fingerprint density at radius 1 is 1.44 bits per heavy atom. The average molecular weight is 384 g/mol. The van der Waals surface area contributed by atoms with E-state index in [0.717, 1.165) is 24.3 Å². The van der Waals surface area contributed by atoms with Crippen molar-refractivity contribution in [1.29, 1.82) is 0 Å². The Kier molecular flexibility index (Phi) is 5.00. The van der Waals surface area contributed by atoms with Crippen LogP contribution in [0.25, 0.3) is 11.3 Å². The molecule has 1 atom stereocenters. The molecule has 2 N–H and O–H groups in total. The summed E-state index contributed by atoms with van der Waals surface area (Å²) in [5, 5.41) is 9.38. The first kappa shape index (κ1) is 17.8. The van der Waals surface area contributed by atoms with Crippen LogP contribution in [0.4, 0.5) is 5.69 Å². The Balaban J connectivity index is 1.66. The van der Waals surface area contributed by atoms with Gasteiger partial charge in [-0.3, -0.25) is 9.59 Å². The van der Waals surface area contributed by atoms with Gasteiger partial charge in [-0.25, -0.2) is 5.10 Å². The standard InChI is InChI=1S/C19H20N4O3S/c1-27-14-6-2-4-12(8-14)20-18(24)15-10-23(9-13-5-3-7-26-13)11-16-17(15)21-22-19(16)25/h2,4,6,8,10-11,13H,3,5,7,9H2,1H3,(H,20,24)(H,22,25)/t13-/m0/s1. The third-order valence-corrected chi connectivity index (χ3v) is 5.35. The summed E-state index contributed by atoms with van der Waals surface area (Å²) >= 11 is 1.60.